The van der Waals surface area contributed by atoms with Gasteiger partial charge in [-0.2, -0.15) is 0 Å². The number of amides is 2. The molecule has 0 bridgehead atoms. The number of rotatable bonds is 3. The number of benzene rings is 2. The van der Waals surface area contributed by atoms with Crippen molar-refractivity contribution in [3.05, 3.63) is 51.4 Å². The molecule has 4 rings (SSSR count). The van der Waals surface area contributed by atoms with Crippen LogP contribution in [0.2, 0.25) is 0 Å². The van der Waals surface area contributed by atoms with Gasteiger partial charge in [0, 0.05) is 28.8 Å². The second kappa shape index (κ2) is 7.05. The zero-order valence-electron chi connectivity index (χ0n) is 15.0. The number of aryl methyl sites for hydroxylation is 2. The second-order valence-corrected chi connectivity index (χ2v) is 8.89. The van der Waals surface area contributed by atoms with Crippen LogP contribution in [-0.2, 0) is 9.59 Å². The molecule has 0 aliphatic carbocycles. The highest BCUT2D eigenvalue weighted by Crippen LogP contribution is 2.31. The number of aromatic nitrogens is 1. The Balaban J connectivity index is 1.51. The number of anilines is 2. The number of halogens is 1. The van der Waals surface area contributed by atoms with E-state index in [9.17, 15) is 9.59 Å². The lowest BCUT2D eigenvalue weighted by molar-refractivity contribution is -0.122. The van der Waals surface area contributed by atoms with Gasteiger partial charge in [0.1, 0.15) is 0 Å². The highest BCUT2D eigenvalue weighted by atomic mass is 79.9. The SMILES string of the molecule is Cc1nc2cc(N3CC(C(=O)Nc4ccc(Br)cc4C)CC3=O)ccc2s1. The van der Waals surface area contributed by atoms with Crippen LogP contribution in [0.25, 0.3) is 10.2 Å². The number of hydrogen-bond acceptors (Lipinski definition) is 4. The fourth-order valence-electron chi connectivity index (χ4n) is 3.33. The van der Waals surface area contributed by atoms with Crippen molar-refractivity contribution in [3.8, 4) is 0 Å². The molecule has 1 fully saturated rings. The third-order valence-corrected chi connectivity index (χ3v) is 6.18. The van der Waals surface area contributed by atoms with Gasteiger partial charge in [-0.05, 0) is 55.8 Å². The highest BCUT2D eigenvalue weighted by molar-refractivity contribution is 9.10. The van der Waals surface area contributed by atoms with Crippen LogP contribution in [0.3, 0.4) is 0 Å². The highest BCUT2D eigenvalue weighted by Gasteiger charge is 2.35. The van der Waals surface area contributed by atoms with Crippen molar-refractivity contribution in [1.29, 1.82) is 0 Å². The number of hydrogen-bond donors (Lipinski definition) is 1. The maximum Gasteiger partial charge on any atom is 0.229 e. The molecule has 7 heteroatoms. The summed E-state index contributed by atoms with van der Waals surface area (Å²) in [6, 6.07) is 11.5. The maximum atomic E-state index is 12.7. The average molecular weight is 444 g/mol. The third-order valence-electron chi connectivity index (χ3n) is 4.73. The summed E-state index contributed by atoms with van der Waals surface area (Å²) in [5.74, 6) is -0.524. The topological polar surface area (TPSA) is 62.3 Å². The van der Waals surface area contributed by atoms with Gasteiger partial charge in [-0.25, -0.2) is 4.98 Å². The number of thiazole rings is 1. The number of fused-ring (bicyclic) bond motifs is 1. The van der Waals surface area contributed by atoms with E-state index in [1.165, 1.54) is 0 Å². The number of carbonyl (C=O) groups is 2. The van der Waals surface area contributed by atoms with Crippen LogP contribution in [0.15, 0.2) is 40.9 Å². The van der Waals surface area contributed by atoms with Gasteiger partial charge in [0.15, 0.2) is 0 Å². The average Bonchev–Trinajstić information content (AvgIpc) is 3.18. The maximum absolute atomic E-state index is 12.7. The van der Waals surface area contributed by atoms with Crippen LogP contribution in [-0.4, -0.2) is 23.3 Å². The molecule has 1 aliphatic heterocycles. The molecule has 3 aromatic rings. The number of carbonyl (C=O) groups excluding carboxylic acids is 2. The Kier molecular flexibility index (Phi) is 4.74. The standard InChI is InChI=1S/C20H18BrN3O2S/c1-11-7-14(21)3-5-16(11)23-20(26)13-8-19(25)24(10-13)15-4-6-18-17(9-15)22-12(2)27-18/h3-7,9,13H,8,10H2,1-2H3,(H,23,26). The fraction of sp³-hybridized carbons (Fsp3) is 0.250. The summed E-state index contributed by atoms with van der Waals surface area (Å²) in [5, 5.41) is 3.95. The molecule has 1 aliphatic rings. The summed E-state index contributed by atoms with van der Waals surface area (Å²) >= 11 is 5.05. The van der Waals surface area contributed by atoms with Gasteiger partial charge in [0.2, 0.25) is 11.8 Å². The minimum atomic E-state index is -0.367. The first-order valence-corrected chi connectivity index (χ1v) is 10.3. The predicted molar refractivity (Wildman–Crippen MR) is 112 cm³/mol. The van der Waals surface area contributed by atoms with E-state index in [-0.39, 0.29) is 24.2 Å². The Hall–Kier alpha value is -2.25. The first kappa shape index (κ1) is 18.1. The molecule has 5 nitrogen and oxygen atoms in total. The van der Waals surface area contributed by atoms with Gasteiger partial charge in [-0.1, -0.05) is 15.9 Å². The van der Waals surface area contributed by atoms with E-state index in [1.54, 1.807) is 16.2 Å². The van der Waals surface area contributed by atoms with Crippen molar-refractivity contribution in [2.24, 2.45) is 5.92 Å². The molecule has 0 spiro atoms. The smallest absolute Gasteiger partial charge is 0.229 e. The van der Waals surface area contributed by atoms with Crippen LogP contribution in [0.5, 0.6) is 0 Å². The van der Waals surface area contributed by atoms with Crippen LogP contribution < -0.4 is 10.2 Å². The van der Waals surface area contributed by atoms with Gasteiger partial charge in [-0.3, -0.25) is 9.59 Å². The largest absolute Gasteiger partial charge is 0.326 e. The third kappa shape index (κ3) is 3.61. The van der Waals surface area contributed by atoms with Gasteiger partial charge < -0.3 is 10.2 Å². The van der Waals surface area contributed by atoms with E-state index in [2.05, 4.69) is 26.2 Å². The second-order valence-electron chi connectivity index (χ2n) is 6.74. The molecule has 2 heterocycles. The Morgan fingerprint density at radius 3 is 2.85 bits per heavy atom. The minimum absolute atomic E-state index is 0.0334. The van der Waals surface area contributed by atoms with Gasteiger partial charge >= 0.3 is 0 Å². The van der Waals surface area contributed by atoms with Crippen molar-refractivity contribution in [2.75, 3.05) is 16.8 Å². The Morgan fingerprint density at radius 2 is 2.07 bits per heavy atom. The van der Waals surface area contributed by atoms with Crippen LogP contribution in [0.1, 0.15) is 17.0 Å². The number of nitrogens with one attached hydrogen (secondary N) is 1. The molecule has 138 valence electrons. The summed E-state index contributed by atoms with van der Waals surface area (Å²) in [5.41, 5.74) is 3.44. The molecule has 0 saturated carbocycles. The normalized spacial score (nSPS) is 16.9. The summed E-state index contributed by atoms with van der Waals surface area (Å²) in [4.78, 5) is 31.4. The Labute approximate surface area is 169 Å². The van der Waals surface area contributed by atoms with Gasteiger partial charge in [0.05, 0.1) is 21.1 Å². The van der Waals surface area contributed by atoms with Crippen molar-refractivity contribution >= 4 is 60.7 Å². The van der Waals surface area contributed by atoms with Crippen molar-refractivity contribution in [2.45, 2.75) is 20.3 Å². The first-order valence-electron chi connectivity index (χ1n) is 8.65. The van der Waals surface area contributed by atoms with Crippen LogP contribution >= 0.6 is 27.3 Å². The molecule has 2 aromatic carbocycles. The molecular formula is C20H18BrN3O2S. The molecule has 0 radical (unpaired) electrons. The first-order chi connectivity index (χ1) is 12.9. The van der Waals surface area contributed by atoms with Crippen molar-refractivity contribution < 1.29 is 9.59 Å². The zero-order valence-corrected chi connectivity index (χ0v) is 17.4. The molecule has 27 heavy (non-hydrogen) atoms. The molecular weight excluding hydrogens is 426 g/mol. The quantitative estimate of drug-likeness (QED) is 0.639. The molecule has 1 aromatic heterocycles. The minimum Gasteiger partial charge on any atom is -0.326 e. The monoisotopic (exact) mass is 443 g/mol. The van der Waals surface area contributed by atoms with Gasteiger partial charge in [-0.15, -0.1) is 11.3 Å². The van der Waals surface area contributed by atoms with E-state index in [0.29, 0.717) is 6.54 Å². The Bertz CT molecular complexity index is 1060. The van der Waals surface area contributed by atoms with Crippen molar-refractivity contribution in [3.63, 3.8) is 0 Å². The molecule has 1 N–H and O–H groups in total. The van der Waals surface area contributed by atoms with E-state index in [0.717, 1.165) is 36.6 Å². The lowest BCUT2D eigenvalue weighted by Gasteiger charge is -2.17. The van der Waals surface area contributed by atoms with E-state index >= 15 is 0 Å². The lowest BCUT2D eigenvalue weighted by atomic mass is 10.1. The predicted octanol–water partition coefficient (Wildman–Crippen LogP) is 4.67. The fourth-order valence-corrected chi connectivity index (χ4v) is 4.62. The van der Waals surface area contributed by atoms with E-state index in [1.807, 2.05) is 50.2 Å². The molecule has 2 amide bonds. The lowest BCUT2D eigenvalue weighted by Crippen LogP contribution is -2.28. The molecule has 1 saturated heterocycles. The Morgan fingerprint density at radius 1 is 1.26 bits per heavy atom. The van der Waals surface area contributed by atoms with Crippen LogP contribution in [0, 0.1) is 19.8 Å². The summed E-state index contributed by atoms with van der Waals surface area (Å²) in [7, 11) is 0. The summed E-state index contributed by atoms with van der Waals surface area (Å²) in [6.45, 7) is 4.29. The molecule has 1 unspecified atom stereocenters. The van der Waals surface area contributed by atoms with Crippen molar-refractivity contribution in [1.82, 2.24) is 4.98 Å². The number of nitrogens with zero attached hydrogens (tertiary/aromatic N) is 2. The van der Waals surface area contributed by atoms with E-state index < -0.39 is 0 Å². The van der Waals surface area contributed by atoms with E-state index in [4.69, 9.17) is 0 Å². The van der Waals surface area contributed by atoms with Gasteiger partial charge in [0.25, 0.3) is 0 Å². The zero-order chi connectivity index (χ0) is 19.1. The molecule has 1 atom stereocenters. The summed E-state index contributed by atoms with van der Waals surface area (Å²) < 4.78 is 2.07. The summed E-state index contributed by atoms with van der Waals surface area (Å²) in [6.07, 6.45) is 0.218. The van der Waals surface area contributed by atoms with Crippen LogP contribution in [0.4, 0.5) is 11.4 Å².